The summed E-state index contributed by atoms with van der Waals surface area (Å²) < 4.78 is 53.7. The van der Waals surface area contributed by atoms with Crippen LogP contribution in [0.1, 0.15) is 27.4 Å². The number of carbonyl (C=O) groups is 1. The lowest BCUT2D eigenvalue weighted by Gasteiger charge is -2.09. The minimum atomic E-state index is -4.45. The number of ether oxygens (including phenoxy) is 2. The van der Waals surface area contributed by atoms with E-state index in [0.29, 0.717) is 22.8 Å². The lowest BCUT2D eigenvalue weighted by Crippen LogP contribution is -2.15. The quantitative estimate of drug-likeness (QED) is 0.634. The molecule has 3 rings (SSSR count). The first kappa shape index (κ1) is 20.2. The Labute approximate surface area is 164 Å². The number of hydrogen-bond acceptors (Lipinski definition) is 5. The maximum Gasteiger partial charge on any atom is 0.416 e. The molecule has 1 aromatic heterocycles. The van der Waals surface area contributed by atoms with Crippen LogP contribution in [0.2, 0.25) is 0 Å². The fraction of sp³-hybridized carbons (Fsp3) is 0.200. The molecule has 1 N–H and O–H groups in total. The van der Waals surface area contributed by atoms with Gasteiger partial charge in [0.1, 0.15) is 23.9 Å². The summed E-state index contributed by atoms with van der Waals surface area (Å²) in [5.41, 5.74) is -0.173. The molecule has 3 aromatic rings. The van der Waals surface area contributed by atoms with Gasteiger partial charge in [0, 0.05) is 5.69 Å². The minimum Gasteiger partial charge on any atom is -0.497 e. The number of methoxy groups -OCH3 is 1. The van der Waals surface area contributed by atoms with Gasteiger partial charge < -0.3 is 19.3 Å². The molecule has 0 radical (unpaired) electrons. The molecule has 152 valence electrons. The van der Waals surface area contributed by atoms with Gasteiger partial charge in [0.15, 0.2) is 5.69 Å². The summed E-state index contributed by atoms with van der Waals surface area (Å²) in [7, 11) is 1.55. The van der Waals surface area contributed by atoms with E-state index in [4.69, 9.17) is 14.0 Å². The number of nitrogens with one attached hydrogen (secondary N) is 1. The SMILES string of the molecule is COc1ccc(OCc2c(C(=O)Nc3ccc(C(F)(F)F)cc3)noc2C)cc1. The molecule has 0 unspecified atom stereocenters. The van der Waals surface area contributed by atoms with Gasteiger partial charge >= 0.3 is 6.18 Å². The van der Waals surface area contributed by atoms with Gasteiger partial charge in [-0.05, 0) is 55.5 Å². The van der Waals surface area contributed by atoms with Crippen LogP contribution in [-0.4, -0.2) is 18.2 Å². The molecule has 1 heterocycles. The normalized spacial score (nSPS) is 11.2. The topological polar surface area (TPSA) is 73.6 Å². The number of carbonyl (C=O) groups excluding carboxylic acids is 1. The molecule has 0 aliphatic carbocycles. The van der Waals surface area contributed by atoms with Gasteiger partial charge in [0.25, 0.3) is 5.91 Å². The van der Waals surface area contributed by atoms with E-state index in [1.807, 2.05) is 0 Å². The number of benzene rings is 2. The molecular weight excluding hydrogens is 389 g/mol. The van der Waals surface area contributed by atoms with Gasteiger partial charge in [-0.1, -0.05) is 5.16 Å². The van der Waals surface area contributed by atoms with E-state index in [-0.39, 0.29) is 18.0 Å². The van der Waals surface area contributed by atoms with Gasteiger partial charge in [-0.15, -0.1) is 0 Å². The van der Waals surface area contributed by atoms with Crippen molar-refractivity contribution < 1.29 is 32.0 Å². The van der Waals surface area contributed by atoms with Crippen molar-refractivity contribution in [1.29, 1.82) is 0 Å². The van der Waals surface area contributed by atoms with Crippen LogP contribution in [0.4, 0.5) is 18.9 Å². The number of nitrogens with zero attached hydrogens (tertiary/aromatic N) is 1. The molecule has 6 nitrogen and oxygen atoms in total. The lowest BCUT2D eigenvalue weighted by atomic mass is 10.1. The van der Waals surface area contributed by atoms with Crippen LogP contribution in [0.25, 0.3) is 0 Å². The predicted octanol–water partition coefficient (Wildman–Crippen LogP) is 4.84. The van der Waals surface area contributed by atoms with Crippen LogP contribution < -0.4 is 14.8 Å². The van der Waals surface area contributed by atoms with Crippen LogP contribution in [0.5, 0.6) is 11.5 Å². The highest BCUT2D eigenvalue weighted by molar-refractivity contribution is 6.03. The molecule has 0 spiro atoms. The van der Waals surface area contributed by atoms with Crippen LogP contribution in [0.15, 0.2) is 53.1 Å². The molecular formula is C20H17F3N2O4. The first-order chi connectivity index (χ1) is 13.8. The summed E-state index contributed by atoms with van der Waals surface area (Å²) in [6, 6.07) is 11.0. The molecule has 0 atom stereocenters. The number of hydrogen-bond donors (Lipinski definition) is 1. The second-order valence-electron chi connectivity index (χ2n) is 6.06. The van der Waals surface area contributed by atoms with Crippen molar-refractivity contribution in [3.05, 3.63) is 71.1 Å². The molecule has 2 aromatic carbocycles. The van der Waals surface area contributed by atoms with Gasteiger partial charge in [-0.2, -0.15) is 13.2 Å². The second-order valence-corrected chi connectivity index (χ2v) is 6.06. The third-order valence-corrected chi connectivity index (χ3v) is 4.11. The molecule has 0 aliphatic rings. The predicted molar refractivity (Wildman–Crippen MR) is 98.0 cm³/mol. The summed E-state index contributed by atoms with van der Waals surface area (Å²) in [5, 5.41) is 6.24. The molecule has 0 fully saturated rings. The van der Waals surface area contributed by atoms with E-state index >= 15 is 0 Å². The molecule has 0 bridgehead atoms. The summed E-state index contributed by atoms with van der Waals surface area (Å²) >= 11 is 0. The second kappa shape index (κ2) is 8.26. The van der Waals surface area contributed by atoms with E-state index in [1.165, 1.54) is 12.1 Å². The Morgan fingerprint density at radius 2 is 1.69 bits per heavy atom. The highest BCUT2D eigenvalue weighted by atomic mass is 19.4. The van der Waals surface area contributed by atoms with Gasteiger partial charge in [0.2, 0.25) is 0 Å². The van der Waals surface area contributed by atoms with E-state index < -0.39 is 17.6 Å². The van der Waals surface area contributed by atoms with Crippen molar-refractivity contribution >= 4 is 11.6 Å². The van der Waals surface area contributed by atoms with E-state index in [0.717, 1.165) is 12.1 Å². The van der Waals surface area contributed by atoms with Crippen molar-refractivity contribution in [2.45, 2.75) is 19.7 Å². The van der Waals surface area contributed by atoms with Crippen molar-refractivity contribution in [1.82, 2.24) is 5.16 Å². The Hall–Kier alpha value is -3.49. The first-order valence-corrected chi connectivity index (χ1v) is 8.48. The number of aromatic nitrogens is 1. The van der Waals surface area contributed by atoms with Crippen molar-refractivity contribution in [2.24, 2.45) is 0 Å². The number of halogens is 3. The fourth-order valence-electron chi connectivity index (χ4n) is 2.50. The molecule has 1 amide bonds. The van der Waals surface area contributed by atoms with Crippen molar-refractivity contribution in [3.8, 4) is 11.5 Å². The number of amides is 1. The number of aryl methyl sites for hydroxylation is 1. The number of anilines is 1. The van der Waals surface area contributed by atoms with Crippen LogP contribution in [0, 0.1) is 6.92 Å². The Morgan fingerprint density at radius 1 is 1.07 bits per heavy atom. The van der Waals surface area contributed by atoms with E-state index in [9.17, 15) is 18.0 Å². The van der Waals surface area contributed by atoms with E-state index in [2.05, 4.69) is 10.5 Å². The average molecular weight is 406 g/mol. The average Bonchev–Trinajstić information content (AvgIpc) is 3.07. The fourth-order valence-corrected chi connectivity index (χ4v) is 2.50. The zero-order valence-corrected chi connectivity index (χ0v) is 15.5. The van der Waals surface area contributed by atoms with Crippen LogP contribution in [-0.2, 0) is 12.8 Å². The molecule has 9 heteroatoms. The highest BCUT2D eigenvalue weighted by Crippen LogP contribution is 2.30. The van der Waals surface area contributed by atoms with Gasteiger partial charge in [0.05, 0.1) is 18.2 Å². The molecule has 0 saturated carbocycles. The third kappa shape index (κ3) is 4.87. The molecule has 0 saturated heterocycles. The van der Waals surface area contributed by atoms with Crippen molar-refractivity contribution in [3.63, 3.8) is 0 Å². The molecule has 29 heavy (non-hydrogen) atoms. The van der Waals surface area contributed by atoms with Crippen LogP contribution in [0.3, 0.4) is 0 Å². The maximum atomic E-state index is 12.6. The largest absolute Gasteiger partial charge is 0.497 e. The monoisotopic (exact) mass is 406 g/mol. The highest BCUT2D eigenvalue weighted by Gasteiger charge is 2.30. The van der Waals surface area contributed by atoms with E-state index in [1.54, 1.807) is 38.3 Å². The number of alkyl halides is 3. The first-order valence-electron chi connectivity index (χ1n) is 8.48. The molecule has 0 aliphatic heterocycles. The standard InChI is InChI=1S/C20H17F3N2O4/c1-12-17(11-28-16-9-7-15(27-2)8-10-16)18(25-29-12)19(26)24-14-5-3-13(4-6-14)20(21,22)23/h3-10H,11H2,1-2H3,(H,24,26). The Kier molecular flexibility index (Phi) is 5.76. The Bertz CT molecular complexity index is 980. The van der Waals surface area contributed by atoms with Crippen molar-refractivity contribution in [2.75, 3.05) is 12.4 Å². The Morgan fingerprint density at radius 3 is 2.28 bits per heavy atom. The minimum absolute atomic E-state index is 0.00379. The zero-order valence-electron chi connectivity index (χ0n) is 15.5. The zero-order chi connectivity index (χ0) is 21.0. The summed E-state index contributed by atoms with van der Waals surface area (Å²) in [4.78, 5) is 12.5. The van der Waals surface area contributed by atoms with Gasteiger partial charge in [-0.25, -0.2) is 0 Å². The number of rotatable bonds is 6. The lowest BCUT2D eigenvalue weighted by molar-refractivity contribution is -0.137. The summed E-state index contributed by atoms with van der Waals surface area (Å²) in [6.07, 6.45) is -4.45. The maximum absolute atomic E-state index is 12.6. The summed E-state index contributed by atoms with van der Waals surface area (Å²) in [5.74, 6) is 1.02. The third-order valence-electron chi connectivity index (χ3n) is 4.11. The smallest absolute Gasteiger partial charge is 0.416 e. The summed E-state index contributed by atoms with van der Waals surface area (Å²) in [6.45, 7) is 1.66. The van der Waals surface area contributed by atoms with Crippen LogP contribution >= 0.6 is 0 Å². The Balaban J connectivity index is 1.69. The van der Waals surface area contributed by atoms with Gasteiger partial charge in [-0.3, -0.25) is 4.79 Å².